The van der Waals surface area contributed by atoms with Gasteiger partial charge in [-0.15, -0.1) is 17.8 Å². The lowest BCUT2D eigenvalue weighted by Gasteiger charge is -1.98. The zero-order valence-electron chi connectivity index (χ0n) is 7.06. The van der Waals surface area contributed by atoms with Gasteiger partial charge in [-0.05, 0) is 17.9 Å². The smallest absolute Gasteiger partial charge is 0.263 e. The summed E-state index contributed by atoms with van der Waals surface area (Å²) in [6, 6.07) is 0. The largest absolute Gasteiger partial charge is 0.340 e. The number of thiophene rings is 1. The molecule has 68 valence electrons. The number of hydrogen-bond acceptors (Lipinski definition) is 2. The van der Waals surface area contributed by atoms with Crippen LogP contribution < -0.4 is 5.32 Å². The Hall–Kier alpha value is -0.980. The average Bonchev–Trinajstić information content (AvgIpc) is 2.44. The number of hydrogen-bond donors (Lipinski definition) is 1. The van der Waals surface area contributed by atoms with E-state index in [1.807, 2.05) is 12.3 Å². The summed E-state index contributed by atoms with van der Waals surface area (Å²) in [7, 11) is 0. The SMILES string of the molecule is C#CCNC(=O)c1scc(C)c1Cl. The van der Waals surface area contributed by atoms with Gasteiger partial charge in [0.05, 0.1) is 11.6 Å². The quantitative estimate of drug-likeness (QED) is 0.749. The van der Waals surface area contributed by atoms with Crippen molar-refractivity contribution in [1.29, 1.82) is 0 Å². The number of halogens is 1. The molecule has 0 unspecified atom stereocenters. The molecule has 0 aliphatic heterocycles. The Morgan fingerprint density at radius 2 is 2.54 bits per heavy atom. The lowest BCUT2D eigenvalue weighted by atomic mass is 10.3. The second-order valence-corrected chi connectivity index (χ2v) is 3.71. The van der Waals surface area contributed by atoms with E-state index in [1.54, 1.807) is 0 Å². The third-order valence-electron chi connectivity index (χ3n) is 1.46. The molecule has 1 aromatic rings. The van der Waals surface area contributed by atoms with E-state index >= 15 is 0 Å². The fourth-order valence-electron chi connectivity index (χ4n) is 0.795. The van der Waals surface area contributed by atoms with Gasteiger partial charge in [-0.2, -0.15) is 0 Å². The minimum absolute atomic E-state index is 0.207. The molecule has 0 saturated heterocycles. The predicted octanol–water partition coefficient (Wildman–Crippen LogP) is 2.07. The van der Waals surface area contributed by atoms with E-state index in [0.29, 0.717) is 9.90 Å². The van der Waals surface area contributed by atoms with Gasteiger partial charge in [0.25, 0.3) is 5.91 Å². The van der Waals surface area contributed by atoms with Crippen molar-refractivity contribution in [3.8, 4) is 12.3 Å². The van der Waals surface area contributed by atoms with Crippen LogP contribution in [0.4, 0.5) is 0 Å². The monoisotopic (exact) mass is 213 g/mol. The molecule has 0 fully saturated rings. The van der Waals surface area contributed by atoms with Crippen LogP contribution in [0.15, 0.2) is 5.38 Å². The summed E-state index contributed by atoms with van der Waals surface area (Å²) in [4.78, 5) is 11.9. The normalized spacial score (nSPS) is 9.31. The van der Waals surface area contributed by atoms with Gasteiger partial charge >= 0.3 is 0 Å². The van der Waals surface area contributed by atoms with Crippen molar-refractivity contribution in [2.75, 3.05) is 6.54 Å². The maximum atomic E-state index is 11.4. The van der Waals surface area contributed by atoms with Crippen molar-refractivity contribution in [1.82, 2.24) is 5.32 Å². The lowest BCUT2D eigenvalue weighted by molar-refractivity contribution is 0.0963. The molecular formula is C9H8ClNOS. The van der Waals surface area contributed by atoms with E-state index in [4.69, 9.17) is 18.0 Å². The third kappa shape index (κ3) is 2.24. The molecule has 0 aromatic carbocycles. The van der Waals surface area contributed by atoms with Crippen LogP contribution in [0.1, 0.15) is 15.2 Å². The molecule has 0 atom stereocenters. The predicted molar refractivity (Wildman–Crippen MR) is 55.2 cm³/mol. The number of terminal acetylenes is 1. The van der Waals surface area contributed by atoms with Crippen LogP contribution in [0.3, 0.4) is 0 Å². The minimum atomic E-state index is -0.207. The van der Waals surface area contributed by atoms with Gasteiger partial charge in [0.2, 0.25) is 0 Å². The van der Waals surface area contributed by atoms with Gasteiger partial charge in [0.1, 0.15) is 4.88 Å². The summed E-state index contributed by atoms with van der Waals surface area (Å²) < 4.78 is 0. The molecule has 1 rings (SSSR count). The standard InChI is InChI=1S/C9H8ClNOS/c1-3-4-11-9(12)8-7(10)6(2)5-13-8/h1,5H,4H2,2H3,(H,11,12). The fraction of sp³-hybridized carbons (Fsp3) is 0.222. The summed E-state index contributed by atoms with van der Waals surface area (Å²) in [6.45, 7) is 2.09. The second kappa shape index (κ2) is 4.31. The molecule has 1 amide bonds. The van der Waals surface area contributed by atoms with E-state index in [-0.39, 0.29) is 12.5 Å². The van der Waals surface area contributed by atoms with Crippen molar-refractivity contribution in [2.45, 2.75) is 6.92 Å². The summed E-state index contributed by atoms with van der Waals surface area (Å²) in [5.41, 5.74) is 0.914. The molecule has 1 N–H and O–H groups in total. The highest BCUT2D eigenvalue weighted by atomic mass is 35.5. The second-order valence-electron chi connectivity index (χ2n) is 2.45. The molecule has 1 aromatic heterocycles. The van der Waals surface area contributed by atoms with Crippen molar-refractivity contribution in [2.24, 2.45) is 0 Å². The molecule has 0 aliphatic carbocycles. The first-order valence-corrected chi connectivity index (χ1v) is 4.88. The molecule has 4 heteroatoms. The number of carbonyl (C=O) groups is 1. The van der Waals surface area contributed by atoms with Crippen LogP contribution in [0, 0.1) is 19.3 Å². The summed E-state index contributed by atoms with van der Waals surface area (Å²) in [5.74, 6) is 2.12. The summed E-state index contributed by atoms with van der Waals surface area (Å²) in [6.07, 6.45) is 5.00. The molecule has 13 heavy (non-hydrogen) atoms. The van der Waals surface area contributed by atoms with Gasteiger partial charge in [-0.1, -0.05) is 17.5 Å². The summed E-state index contributed by atoms with van der Waals surface area (Å²) in [5, 5.41) is 4.91. The van der Waals surface area contributed by atoms with E-state index < -0.39 is 0 Å². The van der Waals surface area contributed by atoms with E-state index in [0.717, 1.165) is 5.56 Å². The van der Waals surface area contributed by atoms with Crippen LogP contribution in [0.25, 0.3) is 0 Å². The Kier molecular flexibility index (Phi) is 3.35. The van der Waals surface area contributed by atoms with Crippen LogP contribution in [-0.2, 0) is 0 Å². The molecule has 1 heterocycles. The number of amides is 1. The maximum Gasteiger partial charge on any atom is 0.263 e. The van der Waals surface area contributed by atoms with E-state index in [9.17, 15) is 4.79 Å². The molecule has 0 aliphatic rings. The zero-order valence-corrected chi connectivity index (χ0v) is 8.63. The first-order valence-electron chi connectivity index (χ1n) is 3.62. The lowest BCUT2D eigenvalue weighted by Crippen LogP contribution is -2.22. The number of rotatable bonds is 2. The zero-order chi connectivity index (χ0) is 9.84. The molecule has 0 radical (unpaired) electrons. The summed E-state index contributed by atoms with van der Waals surface area (Å²) >= 11 is 7.20. The Bertz CT molecular complexity index is 364. The van der Waals surface area contributed by atoms with Crippen molar-refractivity contribution >= 4 is 28.8 Å². The molecular weight excluding hydrogens is 206 g/mol. The first kappa shape index (κ1) is 10.1. The number of carbonyl (C=O) groups excluding carboxylic acids is 1. The Balaban J connectivity index is 2.78. The fourth-order valence-corrected chi connectivity index (χ4v) is 1.99. The van der Waals surface area contributed by atoms with Gasteiger partial charge in [-0.25, -0.2) is 0 Å². The third-order valence-corrected chi connectivity index (χ3v) is 3.15. The van der Waals surface area contributed by atoms with E-state index in [1.165, 1.54) is 11.3 Å². The minimum Gasteiger partial charge on any atom is -0.340 e. The van der Waals surface area contributed by atoms with Crippen molar-refractivity contribution < 1.29 is 4.79 Å². The highest BCUT2D eigenvalue weighted by molar-refractivity contribution is 7.13. The molecule has 0 spiro atoms. The number of nitrogens with one attached hydrogen (secondary N) is 1. The first-order chi connectivity index (χ1) is 6.16. The van der Waals surface area contributed by atoms with Crippen LogP contribution in [-0.4, -0.2) is 12.5 Å². The Morgan fingerprint density at radius 1 is 1.85 bits per heavy atom. The van der Waals surface area contributed by atoms with Crippen molar-refractivity contribution in [3.05, 3.63) is 20.8 Å². The highest BCUT2D eigenvalue weighted by Gasteiger charge is 2.13. The van der Waals surface area contributed by atoms with E-state index in [2.05, 4.69) is 11.2 Å². The van der Waals surface area contributed by atoms with Gasteiger partial charge in [0.15, 0.2) is 0 Å². The molecule has 0 bridgehead atoms. The van der Waals surface area contributed by atoms with Gasteiger partial charge in [0, 0.05) is 0 Å². The molecule has 0 saturated carbocycles. The van der Waals surface area contributed by atoms with Crippen LogP contribution in [0.2, 0.25) is 5.02 Å². The average molecular weight is 214 g/mol. The van der Waals surface area contributed by atoms with Gasteiger partial charge < -0.3 is 5.32 Å². The maximum absolute atomic E-state index is 11.4. The highest BCUT2D eigenvalue weighted by Crippen LogP contribution is 2.26. The Morgan fingerprint density at radius 3 is 3.00 bits per heavy atom. The topological polar surface area (TPSA) is 29.1 Å². The van der Waals surface area contributed by atoms with Gasteiger partial charge in [-0.3, -0.25) is 4.79 Å². The number of aryl methyl sites for hydroxylation is 1. The van der Waals surface area contributed by atoms with Crippen LogP contribution in [0.5, 0.6) is 0 Å². The molecule has 2 nitrogen and oxygen atoms in total. The van der Waals surface area contributed by atoms with Crippen LogP contribution >= 0.6 is 22.9 Å². The van der Waals surface area contributed by atoms with Crippen molar-refractivity contribution in [3.63, 3.8) is 0 Å². The Labute approximate surface area is 85.9 Å².